The fourth-order valence-electron chi connectivity index (χ4n) is 2.78. The van der Waals surface area contributed by atoms with Crippen molar-refractivity contribution in [3.8, 4) is 5.75 Å². The molecule has 4 nitrogen and oxygen atoms in total. The van der Waals surface area contributed by atoms with Gasteiger partial charge in [0.15, 0.2) is 0 Å². The Morgan fingerprint density at radius 1 is 1.50 bits per heavy atom. The summed E-state index contributed by atoms with van der Waals surface area (Å²) in [5.74, 6) is 1.11. The molecular formula is C16H23NO3. The number of nitrogens with one attached hydrogen (secondary N) is 1. The van der Waals surface area contributed by atoms with E-state index in [4.69, 9.17) is 4.74 Å². The van der Waals surface area contributed by atoms with E-state index in [9.17, 15) is 9.90 Å². The third-order valence-electron chi connectivity index (χ3n) is 4.15. The predicted molar refractivity (Wildman–Crippen MR) is 78.0 cm³/mol. The summed E-state index contributed by atoms with van der Waals surface area (Å²) in [5.41, 5.74) is 1.59. The van der Waals surface area contributed by atoms with Crippen LogP contribution in [0.25, 0.3) is 0 Å². The highest BCUT2D eigenvalue weighted by Gasteiger charge is 2.33. The molecule has 0 aliphatic heterocycles. The number of hydrogen-bond donors (Lipinski definition) is 2. The van der Waals surface area contributed by atoms with Crippen molar-refractivity contribution in [3.63, 3.8) is 0 Å². The SMILES string of the molecule is CC[C@H](NC(=O)c1ccc(OC)cc1C)C1CC(O)C1. The van der Waals surface area contributed by atoms with E-state index in [0.717, 1.165) is 30.6 Å². The third-order valence-corrected chi connectivity index (χ3v) is 4.15. The zero-order valence-electron chi connectivity index (χ0n) is 12.3. The molecule has 1 atom stereocenters. The fourth-order valence-corrected chi connectivity index (χ4v) is 2.78. The molecule has 0 saturated heterocycles. The lowest BCUT2D eigenvalue weighted by Gasteiger charge is -2.37. The van der Waals surface area contributed by atoms with E-state index < -0.39 is 0 Å². The monoisotopic (exact) mass is 277 g/mol. The smallest absolute Gasteiger partial charge is 0.251 e. The van der Waals surface area contributed by atoms with Gasteiger partial charge in [0.1, 0.15) is 5.75 Å². The Morgan fingerprint density at radius 2 is 2.20 bits per heavy atom. The summed E-state index contributed by atoms with van der Waals surface area (Å²) in [5, 5.41) is 12.5. The van der Waals surface area contributed by atoms with Crippen molar-refractivity contribution in [2.75, 3.05) is 7.11 Å². The minimum Gasteiger partial charge on any atom is -0.497 e. The van der Waals surface area contributed by atoms with Crippen molar-refractivity contribution in [2.24, 2.45) is 5.92 Å². The van der Waals surface area contributed by atoms with Crippen molar-refractivity contribution < 1.29 is 14.6 Å². The summed E-state index contributed by atoms with van der Waals surface area (Å²) in [6.45, 7) is 3.97. The number of ether oxygens (including phenoxy) is 1. The van der Waals surface area contributed by atoms with E-state index in [2.05, 4.69) is 12.2 Å². The topological polar surface area (TPSA) is 58.6 Å². The van der Waals surface area contributed by atoms with Crippen LogP contribution in [0.2, 0.25) is 0 Å². The molecule has 110 valence electrons. The molecule has 1 aromatic carbocycles. The molecule has 1 fully saturated rings. The van der Waals surface area contributed by atoms with Gasteiger partial charge in [-0.3, -0.25) is 4.79 Å². The number of hydrogen-bond acceptors (Lipinski definition) is 3. The van der Waals surface area contributed by atoms with Gasteiger partial charge >= 0.3 is 0 Å². The van der Waals surface area contributed by atoms with Gasteiger partial charge in [0, 0.05) is 11.6 Å². The highest BCUT2D eigenvalue weighted by Crippen LogP contribution is 2.31. The standard InChI is InChI=1S/C16H23NO3/c1-4-15(11-8-12(18)9-11)17-16(19)14-6-5-13(20-3)7-10(14)2/h5-7,11-12,15,18H,4,8-9H2,1-3H3,(H,17,19)/t11?,12?,15-/m0/s1. The normalized spacial score (nSPS) is 22.8. The number of rotatable bonds is 5. The molecule has 2 N–H and O–H groups in total. The van der Waals surface area contributed by atoms with Gasteiger partial charge in [0.05, 0.1) is 13.2 Å². The van der Waals surface area contributed by atoms with Crippen LogP contribution in [0.15, 0.2) is 18.2 Å². The minimum absolute atomic E-state index is 0.0432. The molecule has 20 heavy (non-hydrogen) atoms. The zero-order valence-corrected chi connectivity index (χ0v) is 12.3. The highest BCUT2D eigenvalue weighted by molar-refractivity contribution is 5.96. The molecule has 0 bridgehead atoms. The van der Waals surface area contributed by atoms with Crippen LogP contribution in [0.1, 0.15) is 42.1 Å². The molecule has 1 amide bonds. The fraction of sp³-hybridized carbons (Fsp3) is 0.562. The molecule has 1 aromatic rings. The van der Waals surface area contributed by atoms with Gasteiger partial charge in [0.25, 0.3) is 5.91 Å². The number of carbonyl (C=O) groups excluding carboxylic acids is 1. The first-order chi connectivity index (χ1) is 9.55. The molecule has 1 saturated carbocycles. The Morgan fingerprint density at radius 3 is 2.70 bits per heavy atom. The second-order valence-corrected chi connectivity index (χ2v) is 5.55. The highest BCUT2D eigenvalue weighted by atomic mass is 16.5. The Hall–Kier alpha value is -1.55. The van der Waals surface area contributed by atoms with Gasteiger partial charge < -0.3 is 15.2 Å². The van der Waals surface area contributed by atoms with Crippen LogP contribution in [0, 0.1) is 12.8 Å². The molecule has 0 heterocycles. The van der Waals surface area contributed by atoms with E-state index >= 15 is 0 Å². The number of methoxy groups -OCH3 is 1. The number of amides is 1. The summed E-state index contributed by atoms with van der Waals surface area (Å²) in [7, 11) is 1.61. The van der Waals surface area contributed by atoms with Crippen LogP contribution in [0.3, 0.4) is 0 Å². The molecular weight excluding hydrogens is 254 g/mol. The molecule has 1 aliphatic rings. The summed E-state index contributed by atoms with van der Waals surface area (Å²) in [6.07, 6.45) is 2.28. The lowest BCUT2D eigenvalue weighted by Crippen LogP contribution is -2.46. The van der Waals surface area contributed by atoms with E-state index in [1.807, 2.05) is 13.0 Å². The Bertz CT molecular complexity index is 481. The maximum atomic E-state index is 12.3. The van der Waals surface area contributed by atoms with Crippen molar-refractivity contribution in [1.82, 2.24) is 5.32 Å². The molecule has 0 aromatic heterocycles. The lowest BCUT2D eigenvalue weighted by atomic mass is 9.76. The molecule has 1 aliphatic carbocycles. The molecule has 0 unspecified atom stereocenters. The summed E-state index contributed by atoms with van der Waals surface area (Å²) in [6, 6.07) is 5.61. The second-order valence-electron chi connectivity index (χ2n) is 5.55. The zero-order chi connectivity index (χ0) is 14.7. The Kier molecular flexibility index (Phi) is 4.65. The van der Waals surface area contributed by atoms with E-state index in [0.29, 0.717) is 11.5 Å². The van der Waals surface area contributed by atoms with Gasteiger partial charge in [-0.15, -0.1) is 0 Å². The van der Waals surface area contributed by atoms with Crippen LogP contribution in [0.5, 0.6) is 5.75 Å². The average Bonchev–Trinajstić information content (AvgIpc) is 2.41. The van der Waals surface area contributed by atoms with Crippen LogP contribution in [-0.2, 0) is 0 Å². The molecule has 0 spiro atoms. The van der Waals surface area contributed by atoms with Crippen LogP contribution < -0.4 is 10.1 Å². The van der Waals surface area contributed by atoms with Crippen molar-refractivity contribution >= 4 is 5.91 Å². The lowest BCUT2D eigenvalue weighted by molar-refractivity contribution is 0.0232. The number of benzene rings is 1. The van der Waals surface area contributed by atoms with Crippen molar-refractivity contribution in [1.29, 1.82) is 0 Å². The Labute approximate surface area is 120 Å². The minimum atomic E-state index is -0.186. The van der Waals surface area contributed by atoms with Crippen LogP contribution in [-0.4, -0.2) is 30.3 Å². The maximum Gasteiger partial charge on any atom is 0.251 e. The predicted octanol–water partition coefficient (Wildman–Crippen LogP) is 2.28. The first-order valence-corrected chi connectivity index (χ1v) is 7.18. The van der Waals surface area contributed by atoms with Gasteiger partial charge in [-0.05, 0) is 55.9 Å². The Balaban J connectivity index is 2.03. The first-order valence-electron chi connectivity index (χ1n) is 7.18. The van der Waals surface area contributed by atoms with Crippen LogP contribution in [0.4, 0.5) is 0 Å². The summed E-state index contributed by atoms with van der Waals surface area (Å²) in [4.78, 5) is 12.3. The number of carbonyl (C=O) groups is 1. The third kappa shape index (κ3) is 3.12. The largest absolute Gasteiger partial charge is 0.497 e. The second kappa shape index (κ2) is 6.27. The van der Waals surface area contributed by atoms with Gasteiger partial charge in [-0.2, -0.15) is 0 Å². The van der Waals surface area contributed by atoms with Crippen molar-refractivity contribution in [2.45, 2.75) is 45.3 Å². The molecule has 2 rings (SSSR count). The average molecular weight is 277 g/mol. The first kappa shape index (κ1) is 14.9. The van der Waals surface area contributed by atoms with E-state index in [-0.39, 0.29) is 18.1 Å². The number of aliphatic hydroxyl groups is 1. The number of aryl methyl sites for hydroxylation is 1. The van der Waals surface area contributed by atoms with Gasteiger partial charge in [-0.1, -0.05) is 6.92 Å². The van der Waals surface area contributed by atoms with Crippen molar-refractivity contribution in [3.05, 3.63) is 29.3 Å². The molecule has 0 radical (unpaired) electrons. The van der Waals surface area contributed by atoms with Gasteiger partial charge in [-0.25, -0.2) is 0 Å². The quantitative estimate of drug-likeness (QED) is 0.868. The maximum absolute atomic E-state index is 12.3. The van der Waals surface area contributed by atoms with E-state index in [1.165, 1.54) is 0 Å². The number of aliphatic hydroxyl groups excluding tert-OH is 1. The van der Waals surface area contributed by atoms with E-state index in [1.54, 1.807) is 19.2 Å². The summed E-state index contributed by atoms with van der Waals surface area (Å²) >= 11 is 0. The molecule has 4 heteroatoms. The van der Waals surface area contributed by atoms with Crippen LogP contribution >= 0.6 is 0 Å². The summed E-state index contributed by atoms with van der Waals surface area (Å²) < 4.78 is 5.15. The van der Waals surface area contributed by atoms with Gasteiger partial charge in [0.2, 0.25) is 0 Å².